The summed E-state index contributed by atoms with van der Waals surface area (Å²) in [6, 6.07) is 5.51. The number of nitrogens with two attached hydrogens (primary N) is 1. The molecule has 0 unspecified atom stereocenters. The molecule has 0 fully saturated rings. The first kappa shape index (κ1) is 14.5. The molecule has 4 N–H and O–H groups in total. The van der Waals surface area contributed by atoms with Gasteiger partial charge in [-0.15, -0.1) is 0 Å². The van der Waals surface area contributed by atoms with Gasteiger partial charge in [-0.05, 0) is 25.1 Å². The highest BCUT2D eigenvalue weighted by atomic mass is 16.3. The molecule has 5 nitrogen and oxygen atoms in total. The molecule has 0 atom stereocenters. The summed E-state index contributed by atoms with van der Waals surface area (Å²) in [6.07, 6.45) is 0. The van der Waals surface area contributed by atoms with Gasteiger partial charge in [0.25, 0.3) is 0 Å². The van der Waals surface area contributed by atoms with Crippen LogP contribution in [0.25, 0.3) is 0 Å². The maximum absolute atomic E-state index is 11.9. The van der Waals surface area contributed by atoms with Crippen molar-refractivity contribution in [3.8, 4) is 0 Å². The summed E-state index contributed by atoms with van der Waals surface area (Å²) in [7, 11) is 0. The van der Waals surface area contributed by atoms with E-state index >= 15 is 0 Å². The fourth-order valence-electron chi connectivity index (χ4n) is 1.73. The molecule has 0 heterocycles. The van der Waals surface area contributed by atoms with Crippen molar-refractivity contribution in [3.63, 3.8) is 0 Å². The smallest absolute Gasteiger partial charge is 0.238 e. The van der Waals surface area contributed by atoms with Gasteiger partial charge in [0.05, 0.1) is 24.5 Å². The molecule has 1 aromatic carbocycles. The summed E-state index contributed by atoms with van der Waals surface area (Å²) in [5.41, 5.74) is 7.99. The second-order valence-corrected chi connectivity index (χ2v) is 4.18. The summed E-state index contributed by atoms with van der Waals surface area (Å²) in [5.74, 6) is -0.119. The molecule has 0 aliphatic rings. The normalized spacial score (nSPS) is 10.7. The van der Waals surface area contributed by atoms with Gasteiger partial charge in [-0.1, -0.05) is 19.1 Å². The standard InChI is InChI=1S/C13H21N3O2/c1-3-16(7-8-17)9-12(18)15-13-10(2)5-4-6-11(13)14/h4-6,17H,3,7-9,14H2,1-2H3,(H,15,18). The number of carbonyl (C=O) groups excluding carboxylic acids is 1. The van der Waals surface area contributed by atoms with Gasteiger partial charge in [-0.25, -0.2) is 0 Å². The first-order valence-corrected chi connectivity index (χ1v) is 6.06. The van der Waals surface area contributed by atoms with E-state index in [0.717, 1.165) is 12.1 Å². The molecule has 0 saturated carbocycles. The number of aliphatic hydroxyl groups excluding tert-OH is 1. The van der Waals surface area contributed by atoms with E-state index < -0.39 is 0 Å². The average Bonchev–Trinajstić information content (AvgIpc) is 2.33. The molecular weight excluding hydrogens is 230 g/mol. The first-order valence-electron chi connectivity index (χ1n) is 6.06. The predicted octanol–water partition coefficient (Wildman–Crippen LogP) is 0.830. The number of rotatable bonds is 6. The zero-order chi connectivity index (χ0) is 13.5. The van der Waals surface area contributed by atoms with Gasteiger partial charge in [0.1, 0.15) is 0 Å². The Labute approximate surface area is 108 Å². The average molecular weight is 251 g/mol. The lowest BCUT2D eigenvalue weighted by molar-refractivity contribution is -0.117. The van der Waals surface area contributed by atoms with E-state index in [-0.39, 0.29) is 19.1 Å². The van der Waals surface area contributed by atoms with Crippen molar-refractivity contribution in [2.75, 3.05) is 37.3 Å². The van der Waals surface area contributed by atoms with Crippen LogP contribution in [0.2, 0.25) is 0 Å². The maximum Gasteiger partial charge on any atom is 0.238 e. The topological polar surface area (TPSA) is 78.6 Å². The Balaban J connectivity index is 2.64. The number of anilines is 2. The van der Waals surface area contributed by atoms with E-state index in [4.69, 9.17) is 10.8 Å². The van der Waals surface area contributed by atoms with E-state index in [9.17, 15) is 4.79 Å². The summed E-state index contributed by atoms with van der Waals surface area (Å²) >= 11 is 0. The van der Waals surface area contributed by atoms with Crippen LogP contribution in [0.5, 0.6) is 0 Å². The number of likely N-dealkylation sites (N-methyl/N-ethyl adjacent to an activating group) is 1. The molecule has 0 aliphatic carbocycles. The Hall–Kier alpha value is -1.59. The van der Waals surface area contributed by atoms with Gasteiger partial charge in [0.2, 0.25) is 5.91 Å². The molecule has 18 heavy (non-hydrogen) atoms. The molecule has 0 aromatic heterocycles. The number of hydrogen-bond donors (Lipinski definition) is 3. The molecule has 0 aliphatic heterocycles. The number of nitrogen functional groups attached to an aromatic ring is 1. The lowest BCUT2D eigenvalue weighted by Gasteiger charge is -2.19. The monoisotopic (exact) mass is 251 g/mol. The van der Waals surface area contributed by atoms with E-state index in [1.54, 1.807) is 6.07 Å². The molecule has 0 spiro atoms. The summed E-state index contributed by atoms with van der Waals surface area (Å²) in [6.45, 7) is 5.37. The molecule has 0 saturated heterocycles. The summed E-state index contributed by atoms with van der Waals surface area (Å²) in [5, 5.41) is 11.7. The van der Waals surface area contributed by atoms with Gasteiger partial charge in [-0.3, -0.25) is 9.69 Å². The van der Waals surface area contributed by atoms with Crippen LogP contribution < -0.4 is 11.1 Å². The van der Waals surface area contributed by atoms with E-state index in [2.05, 4.69) is 5.32 Å². The first-order chi connectivity index (χ1) is 8.58. The molecular formula is C13H21N3O2. The Morgan fingerprint density at radius 3 is 2.78 bits per heavy atom. The van der Waals surface area contributed by atoms with E-state index in [0.29, 0.717) is 17.9 Å². The van der Waals surface area contributed by atoms with Crippen LogP contribution in [0.3, 0.4) is 0 Å². The van der Waals surface area contributed by atoms with Crippen LogP contribution in [0.1, 0.15) is 12.5 Å². The quantitative estimate of drug-likeness (QED) is 0.654. The molecule has 100 valence electrons. The van der Waals surface area contributed by atoms with Crippen LogP contribution in [0, 0.1) is 6.92 Å². The minimum atomic E-state index is -0.119. The molecule has 0 radical (unpaired) electrons. The highest BCUT2D eigenvalue weighted by Gasteiger charge is 2.11. The number of benzene rings is 1. The zero-order valence-corrected chi connectivity index (χ0v) is 10.9. The fraction of sp³-hybridized carbons (Fsp3) is 0.462. The number of amides is 1. The SMILES string of the molecule is CCN(CCO)CC(=O)Nc1c(C)cccc1N. The molecule has 0 bridgehead atoms. The van der Waals surface area contributed by atoms with Crippen molar-refractivity contribution in [1.29, 1.82) is 0 Å². The lowest BCUT2D eigenvalue weighted by atomic mass is 10.1. The van der Waals surface area contributed by atoms with Crippen LogP contribution in [-0.2, 0) is 4.79 Å². The van der Waals surface area contributed by atoms with E-state index in [1.165, 1.54) is 0 Å². The van der Waals surface area contributed by atoms with Crippen molar-refractivity contribution in [2.45, 2.75) is 13.8 Å². The minimum absolute atomic E-state index is 0.0492. The number of aryl methyl sites for hydroxylation is 1. The summed E-state index contributed by atoms with van der Waals surface area (Å²) < 4.78 is 0. The summed E-state index contributed by atoms with van der Waals surface area (Å²) in [4.78, 5) is 13.7. The van der Waals surface area contributed by atoms with Crippen LogP contribution in [-0.4, -0.2) is 42.2 Å². The second kappa shape index (κ2) is 6.98. The third-order valence-corrected chi connectivity index (χ3v) is 2.80. The van der Waals surface area contributed by atoms with Crippen molar-refractivity contribution in [3.05, 3.63) is 23.8 Å². The number of nitrogens with zero attached hydrogens (tertiary/aromatic N) is 1. The number of aliphatic hydroxyl groups is 1. The van der Waals surface area contributed by atoms with Gasteiger partial charge < -0.3 is 16.2 Å². The highest BCUT2D eigenvalue weighted by Crippen LogP contribution is 2.22. The van der Waals surface area contributed by atoms with Crippen molar-refractivity contribution in [2.24, 2.45) is 0 Å². The lowest BCUT2D eigenvalue weighted by Crippen LogP contribution is -2.35. The maximum atomic E-state index is 11.9. The van der Waals surface area contributed by atoms with Crippen LogP contribution in [0.15, 0.2) is 18.2 Å². The molecule has 5 heteroatoms. The number of para-hydroxylation sites is 1. The van der Waals surface area contributed by atoms with Crippen molar-refractivity contribution in [1.82, 2.24) is 4.90 Å². The molecule has 1 amide bonds. The van der Waals surface area contributed by atoms with Gasteiger partial charge in [0.15, 0.2) is 0 Å². The fourth-order valence-corrected chi connectivity index (χ4v) is 1.73. The Morgan fingerprint density at radius 1 is 1.50 bits per heavy atom. The van der Waals surface area contributed by atoms with Crippen molar-refractivity contribution < 1.29 is 9.90 Å². The highest BCUT2D eigenvalue weighted by molar-refractivity contribution is 5.96. The van der Waals surface area contributed by atoms with Crippen LogP contribution in [0.4, 0.5) is 11.4 Å². The van der Waals surface area contributed by atoms with E-state index in [1.807, 2.05) is 30.9 Å². The second-order valence-electron chi connectivity index (χ2n) is 4.18. The third kappa shape index (κ3) is 4.01. The predicted molar refractivity (Wildman–Crippen MR) is 73.4 cm³/mol. The third-order valence-electron chi connectivity index (χ3n) is 2.80. The minimum Gasteiger partial charge on any atom is -0.397 e. The Bertz CT molecular complexity index is 387. The van der Waals surface area contributed by atoms with Gasteiger partial charge in [-0.2, -0.15) is 0 Å². The molecule has 1 aromatic rings. The van der Waals surface area contributed by atoms with Crippen LogP contribution >= 0.6 is 0 Å². The van der Waals surface area contributed by atoms with Crippen molar-refractivity contribution >= 4 is 17.3 Å². The number of carbonyl (C=O) groups is 1. The Morgan fingerprint density at radius 2 is 2.22 bits per heavy atom. The number of hydrogen-bond acceptors (Lipinski definition) is 4. The largest absolute Gasteiger partial charge is 0.397 e. The van der Waals surface area contributed by atoms with Gasteiger partial charge >= 0.3 is 0 Å². The zero-order valence-electron chi connectivity index (χ0n) is 10.9. The number of nitrogens with one attached hydrogen (secondary N) is 1. The van der Waals surface area contributed by atoms with Gasteiger partial charge in [0, 0.05) is 6.54 Å². The molecule has 1 rings (SSSR count). The Kier molecular flexibility index (Phi) is 5.61.